The lowest BCUT2D eigenvalue weighted by molar-refractivity contribution is 0.230. The van der Waals surface area contributed by atoms with Crippen molar-refractivity contribution in [2.45, 2.75) is 25.0 Å². The fourth-order valence-corrected chi connectivity index (χ4v) is 6.64. The van der Waals surface area contributed by atoms with Gasteiger partial charge < -0.3 is 40.3 Å². The van der Waals surface area contributed by atoms with Crippen molar-refractivity contribution in [1.29, 1.82) is 0 Å². The Kier molecular flexibility index (Phi) is 8.02. The van der Waals surface area contributed by atoms with Crippen LogP contribution in [0.3, 0.4) is 0 Å². The van der Waals surface area contributed by atoms with Crippen molar-refractivity contribution in [2.24, 2.45) is 11.5 Å². The molecule has 0 aromatic heterocycles. The summed E-state index contributed by atoms with van der Waals surface area (Å²) in [6, 6.07) is 11.8. The van der Waals surface area contributed by atoms with Crippen LogP contribution in [0.2, 0.25) is 0 Å². The van der Waals surface area contributed by atoms with Crippen molar-refractivity contribution in [3.63, 3.8) is 0 Å². The summed E-state index contributed by atoms with van der Waals surface area (Å²) in [5.74, 6) is 1.46. The van der Waals surface area contributed by atoms with Crippen molar-refractivity contribution in [3.05, 3.63) is 47.5 Å². The highest BCUT2D eigenvalue weighted by molar-refractivity contribution is 7.93. The normalized spacial score (nSPS) is 21.5. The standard InChI is InChI=1S/C22H30BN2O6P/c24-13-19-15-5-1-7-17(28-11-3-9-26)21(15)23(30-19)32-22-16(20(14-25)31-32)6-2-8-18(22)29-12-4-10-27/h1-2,5-8,19-20,26-27H,3-4,9-14,24-25H2. The van der Waals surface area contributed by atoms with Crippen LogP contribution in [0.5, 0.6) is 11.5 Å². The first-order valence-electron chi connectivity index (χ1n) is 11.0. The van der Waals surface area contributed by atoms with E-state index in [-0.39, 0.29) is 32.1 Å². The molecule has 2 aromatic rings. The maximum Gasteiger partial charge on any atom is 0.394 e. The van der Waals surface area contributed by atoms with E-state index < -0.39 is 8.03 Å². The van der Waals surface area contributed by atoms with E-state index in [0.29, 0.717) is 39.1 Å². The number of aliphatic hydroxyl groups is 2. The van der Waals surface area contributed by atoms with E-state index in [2.05, 4.69) is 0 Å². The van der Waals surface area contributed by atoms with Crippen LogP contribution in [-0.2, 0) is 9.18 Å². The van der Waals surface area contributed by atoms with E-state index in [9.17, 15) is 0 Å². The van der Waals surface area contributed by atoms with E-state index in [1.807, 2.05) is 36.4 Å². The largest absolute Gasteiger partial charge is 0.494 e. The lowest BCUT2D eigenvalue weighted by Gasteiger charge is -2.21. The molecule has 2 heterocycles. The molecule has 0 aliphatic carbocycles. The fourth-order valence-electron chi connectivity index (χ4n) is 4.12. The highest BCUT2D eigenvalue weighted by Gasteiger charge is 2.49. The fraction of sp³-hybridized carbons (Fsp3) is 0.455. The number of nitrogens with two attached hydrogens (primary N) is 2. The number of rotatable bonds is 11. The molecule has 0 radical (unpaired) electrons. The topological polar surface area (TPSA) is 129 Å². The molecule has 0 saturated heterocycles. The zero-order chi connectivity index (χ0) is 22.5. The summed E-state index contributed by atoms with van der Waals surface area (Å²) in [6.45, 7) is 1.26. The number of hydrogen-bond donors (Lipinski definition) is 4. The summed E-state index contributed by atoms with van der Waals surface area (Å²) in [6.07, 6.45) is 0.583. The molecular formula is C22H30BN2O6P. The van der Waals surface area contributed by atoms with Gasteiger partial charge in [0.15, 0.2) is 0 Å². The van der Waals surface area contributed by atoms with Crippen LogP contribution in [0.25, 0.3) is 0 Å². The molecule has 2 aromatic carbocycles. The molecule has 3 unspecified atom stereocenters. The SMILES string of the molecule is NCC1OB(P2OC(CN)c3cccc(OCCCO)c32)c2c(OCCCO)cccc21. The highest BCUT2D eigenvalue weighted by Crippen LogP contribution is 2.56. The van der Waals surface area contributed by atoms with E-state index in [4.69, 9.17) is 40.3 Å². The number of ether oxygens (including phenoxy) is 2. The van der Waals surface area contributed by atoms with Crippen molar-refractivity contribution in [3.8, 4) is 11.5 Å². The van der Waals surface area contributed by atoms with Gasteiger partial charge >= 0.3 is 6.64 Å². The van der Waals surface area contributed by atoms with Crippen LogP contribution >= 0.6 is 8.03 Å². The smallest absolute Gasteiger partial charge is 0.394 e. The molecular weight excluding hydrogens is 430 g/mol. The lowest BCUT2D eigenvalue weighted by atomic mass is 9.83. The Morgan fingerprint density at radius 2 is 1.50 bits per heavy atom. The van der Waals surface area contributed by atoms with E-state index >= 15 is 0 Å². The Morgan fingerprint density at radius 3 is 2.16 bits per heavy atom. The molecule has 2 aliphatic rings. The minimum atomic E-state index is -1.28. The van der Waals surface area contributed by atoms with Gasteiger partial charge in [0.05, 0.1) is 33.4 Å². The first kappa shape index (κ1) is 23.5. The molecule has 8 nitrogen and oxygen atoms in total. The molecule has 172 valence electrons. The molecule has 6 N–H and O–H groups in total. The Bertz CT molecular complexity index is 846. The van der Waals surface area contributed by atoms with Gasteiger partial charge in [-0.25, -0.2) is 0 Å². The average Bonchev–Trinajstić information content (AvgIpc) is 3.38. The molecule has 0 amide bonds. The maximum absolute atomic E-state index is 9.15. The summed E-state index contributed by atoms with van der Waals surface area (Å²) in [5.41, 5.74) is 15.0. The monoisotopic (exact) mass is 460 g/mol. The second-order valence-corrected chi connectivity index (χ2v) is 9.45. The third-order valence-electron chi connectivity index (χ3n) is 5.59. The second-order valence-electron chi connectivity index (χ2n) is 7.67. The summed E-state index contributed by atoms with van der Waals surface area (Å²) in [4.78, 5) is 0. The van der Waals surface area contributed by atoms with Crippen LogP contribution in [0.1, 0.15) is 36.2 Å². The van der Waals surface area contributed by atoms with E-state index in [0.717, 1.165) is 33.4 Å². The molecule has 0 spiro atoms. The second kappa shape index (κ2) is 10.9. The quantitative estimate of drug-likeness (QED) is 0.219. The third-order valence-corrected chi connectivity index (χ3v) is 7.79. The predicted octanol–water partition coefficient (Wildman–Crippen LogP) is 0.687. The van der Waals surface area contributed by atoms with E-state index in [1.54, 1.807) is 0 Å². The number of aliphatic hydroxyl groups excluding tert-OH is 2. The van der Waals surface area contributed by atoms with Gasteiger partial charge in [-0.05, 0) is 23.3 Å². The van der Waals surface area contributed by atoms with Crippen molar-refractivity contribution in [2.75, 3.05) is 39.5 Å². The number of fused-ring (bicyclic) bond motifs is 2. The van der Waals surface area contributed by atoms with Gasteiger partial charge in [-0.2, -0.15) is 0 Å². The molecule has 32 heavy (non-hydrogen) atoms. The molecule has 3 atom stereocenters. The minimum absolute atomic E-state index is 0.0658. The number of hydrogen-bond acceptors (Lipinski definition) is 8. The van der Waals surface area contributed by atoms with Crippen molar-refractivity contribution in [1.82, 2.24) is 0 Å². The summed E-state index contributed by atoms with van der Waals surface area (Å²) >= 11 is 0. The number of benzene rings is 2. The van der Waals surface area contributed by atoms with Gasteiger partial charge in [-0.3, -0.25) is 0 Å². The minimum Gasteiger partial charge on any atom is -0.494 e. The average molecular weight is 460 g/mol. The summed E-state index contributed by atoms with van der Waals surface area (Å²) < 4.78 is 25.0. The molecule has 4 rings (SSSR count). The van der Waals surface area contributed by atoms with Crippen molar-refractivity contribution < 1.29 is 28.9 Å². The molecule has 0 fully saturated rings. The van der Waals surface area contributed by atoms with Crippen LogP contribution in [-0.4, -0.2) is 56.4 Å². The van der Waals surface area contributed by atoms with Crippen molar-refractivity contribution >= 4 is 25.4 Å². The van der Waals surface area contributed by atoms with Crippen LogP contribution in [0.4, 0.5) is 0 Å². The molecule has 0 bridgehead atoms. The molecule has 2 aliphatic heterocycles. The third kappa shape index (κ3) is 4.52. The Labute approximate surface area is 189 Å². The van der Waals surface area contributed by atoms with Gasteiger partial charge in [0.25, 0.3) is 0 Å². The van der Waals surface area contributed by atoms with Gasteiger partial charge in [0.2, 0.25) is 0 Å². The van der Waals surface area contributed by atoms with E-state index in [1.165, 1.54) is 0 Å². The first-order valence-corrected chi connectivity index (χ1v) is 12.3. The van der Waals surface area contributed by atoms with Gasteiger partial charge in [-0.15, -0.1) is 0 Å². The lowest BCUT2D eigenvalue weighted by Crippen LogP contribution is -2.32. The molecule has 10 heteroatoms. The highest BCUT2D eigenvalue weighted by atomic mass is 31.1. The summed E-state index contributed by atoms with van der Waals surface area (Å²) in [5, 5.41) is 19.3. The van der Waals surface area contributed by atoms with Crippen LogP contribution in [0.15, 0.2) is 36.4 Å². The van der Waals surface area contributed by atoms with Crippen LogP contribution < -0.4 is 31.7 Å². The Balaban J connectivity index is 1.73. The van der Waals surface area contributed by atoms with Crippen LogP contribution in [0, 0.1) is 0 Å². The zero-order valence-electron chi connectivity index (χ0n) is 18.0. The Morgan fingerprint density at radius 1 is 0.875 bits per heavy atom. The predicted molar refractivity (Wildman–Crippen MR) is 125 cm³/mol. The van der Waals surface area contributed by atoms with Gasteiger partial charge in [-0.1, -0.05) is 24.3 Å². The zero-order valence-corrected chi connectivity index (χ0v) is 18.9. The van der Waals surface area contributed by atoms with Gasteiger partial charge in [0.1, 0.15) is 11.5 Å². The summed E-state index contributed by atoms with van der Waals surface area (Å²) in [7, 11) is -1.28. The van der Waals surface area contributed by atoms with Gasteiger partial charge in [0, 0.05) is 49.9 Å². The first-order chi connectivity index (χ1) is 15.7. The maximum atomic E-state index is 9.15. The Hall–Kier alpha value is -1.71. The molecule has 0 saturated carbocycles.